The number of halogens is 2. The zero-order valence-corrected chi connectivity index (χ0v) is 22.5. The van der Waals surface area contributed by atoms with Gasteiger partial charge in [-0.15, -0.1) is 0 Å². The molecule has 3 aromatic rings. The lowest BCUT2D eigenvalue weighted by molar-refractivity contribution is -0.119. The van der Waals surface area contributed by atoms with Crippen molar-refractivity contribution in [1.82, 2.24) is 24.8 Å². The molecule has 0 spiro atoms. The monoisotopic (exact) mass is 566 g/mol. The normalized spacial score (nSPS) is 19.2. The van der Waals surface area contributed by atoms with Crippen molar-refractivity contribution in [3.05, 3.63) is 48.5 Å². The lowest BCUT2D eigenvalue weighted by atomic mass is 10.2. The number of nitrogens with one attached hydrogen (secondary N) is 2. The van der Waals surface area contributed by atoms with Gasteiger partial charge in [-0.2, -0.15) is 0 Å². The molecule has 4 heterocycles. The summed E-state index contributed by atoms with van der Waals surface area (Å²) in [5.41, 5.74) is 1.23. The molecule has 1 aliphatic carbocycles. The van der Waals surface area contributed by atoms with Crippen LogP contribution in [-0.4, -0.2) is 76.1 Å². The van der Waals surface area contributed by atoms with Crippen LogP contribution in [0, 0.1) is 11.8 Å². The Morgan fingerprint density at radius 2 is 1.90 bits per heavy atom. The molecule has 3 aromatic heterocycles. The fourth-order valence-electron chi connectivity index (χ4n) is 4.90. The number of anilines is 3. The first kappa shape index (κ1) is 27.8. The number of rotatable bonds is 9. The van der Waals surface area contributed by atoms with E-state index in [2.05, 4.69) is 25.6 Å². The number of ketones is 1. The number of imidazole rings is 1. The molecule has 2 unspecified atom stereocenters. The molecule has 1 saturated carbocycles. The van der Waals surface area contributed by atoms with Crippen molar-refractivity contribution in [2.45, 2.75) is 25.8 Å². The fraction of sp³-hybridized carbons (Fsp3) is 0.370. The van der Waals surface area contributed by atoms with E-state index >= 15 is 0 Å². The minimum absolute atomic E-state index is 0.0000218. The molecule has 41 heavy (non-hydrogen) atoms. The number of aromatic nitrogens is 4. The minimum Gasteiger partial charge on any atom is -0.356 e. The second-order valence-electron chi connectivity index (χ2n) is 10.2. The average molecular weight is 567 g/mol. The van der Waals surface area contributed by atoms with Crippen molar-refractivity contribution >= 4 is 41.5 Å². The Bertz CT molecular complexity index is 1500. The molecule has 0 radical (unpaired) electrons. The van der Waals surface area contributed by atoms with E-state index in [-0.39, 0.29) is 42.7 Å². The number of alkyl halides is 2. The summed E-state index contributed by atoms with van der Waals surface area (Å²) >= 11 is 0. The number of aldehydes is 1. The Hall–Kier alpha value is -4.75. The zero-order valence-electron chi connectivity index (χ0n) is 22.5. The standard InChI is InChI=1S/C27H28F2N8O4/c1-15(39)9-31-26(41)35(3)24-21(13-38)37(14-32-24)16(2)25(40)34-22-6-4-5-20(33-22)17-7-8-23(30-10-17)36-11-18-19(12-36)27(18,28)29/h4-8,10,13-14,16,18-19H,9,11-12H2,1-3H3,(H,31,41)(H,33,34,40)/t16-,18?,19?/m0/s1. The van der Waals surface area contributed by atoms with Gasteiger partial charge in [0.15, 0.2) is 12.1 Å². The summed E-state index contributed by atoms with van der Waals surface area (Å²) in [6.45, 7) is 3.29. The molecule has 2 fully saturated rings. The molecule has 3 atom stereocenters. The Balaban J connectivity index is 1.24. The molecule has 1 aliphatic heterocycles. The van der Waals surface area contributed by atoms with Crippen LogP contribution >= 0.6 is 0 Å². The Kier molecular flexibility index (Phi) is 7.24. The van der Waals surface area contributed by atoms with Gasteiger partial charge in [0.25, 0.3) is 5.92 Å². The van der Waals surface area contributed by atoms with Gasteiger partial charge in [0.2, 0.25) is 5.91 Å². The van der Waals surface area contributed by atoms with Crippen molar-refractivity contribution < 1.29 is 28.0 Å². The number of piperidine rings is 1. The predicted octanol–water partition coefficient (Wildman–Crippen LogP) is 2.79. The highest BCUT2D eigenvalue weighted by Crippen LogP contribution is 2.59. The van der Waals surface area contributed by atoms with Crippen LogP contribution in [0.5, 0.6) is 0 Å². The molecule has 0 aromatic carbocycles. The molecule has 3 amide bonds. The molecule has 1 saturated heterocycles. The number of fused-ring (bicyclic) bond motifs is 1. The molecule has 0 bridgehead atoms. The first-order valence-corrected chi connectivity index (χ1v) is 12.9. The maximum absolute atomic E-state index is 13.5. The van der Waals surface area contributed by atoms with Gasteiger partial charge < -0.3 is 20.1 Å². The van der Waals surface area contributed by atoms with Gasteiger partial charge in [-0.05, 0) is 38.1 Å². The summed E-state index contributed by atoms with van der Waals surface area (Å²) < 4.78 is 28.3. The third kappa shape index (κ3) is 5.36. The van der Waals surface area contributed by atoms with Gasteiger partial charge in [0, 0.05) is 31.9 Å². The van der Waals surface area contributed by atoms with Gasteiger partial charge in [-0.1, -0.05) is 6.07 Å². The van der Waals surface area contributed by atoms with Crippen LogP contribution in [0.15, 0.2) is 42.9 Å². The topological polar surface area (TPSA) is 142 Å². The van der Waals surface area contributed by atoms with Gasteiger partial charge >= 0.3 is 6.03 Å². The average Bonchev–Trinajstić information content (AvgIpc) is 3.38. The van der Waals surface area contributed by atoms with Crippen LogP contribution < -0.4 is 20.4 Å². The summed E-state index contributed by atoms with van der Waals surface area (Å²) in [7, 11) is 1.39. The van der Waals surface area contributed by atoms with E-state index < -0.39 is 35.7 Å². The fourth-order valence-corrected chi connectivity index (χ4v) is 4.90. The van der Waals surface area contributed by atoms with Gasteiger partial charge in [-0.25, -0.2) is 28.5 Å². The van der Waals surface area contributed by atoms with Crippen molar-refractivity contribution in [1.29, 1.82) is 0 Å². The van der Waals surface area contributed by atoms with Crippen molar-refractivity contribution in [2.24, 2.45) is 11.8 Å². The lowest BCUT2D eigenvalue weighted by Gasteiger charge is -2.20. The maximum Gasteiger partial charge on any atom is 0.323 e. The van der Waals surface area contributed by atoms with E-state index in [0.717, 1.165) is 4.90 Å². The lowest BCUT2D eigenvalue weighted by Crippen LogP contribution is -2.40. The Labute approximate surface area is 233 Å². The maximum atomic E-state index is 13.5. The van der Waals surface area contributed by atoms with Crippen LogP contribution in [0.3, 0.4) is 0 Å². The van der Waals surface area contributed by atoms with E-state index in [9.17, 15) is 28.0 Å². The molecule has 14 heteroatoms. The molecular weight excluding hydrogens is 538 g/mol. The number of hydrogen-bond donors (Lipinski definition) is 2. The van der Waals surface area contributed by atoms with E-state index in [4.69, 9.17) is 0 Å². The first-order valence-electron chi connectivity index (χ1n) is 12.9. The van der Waals surface area contributed by atoms with E-state index in [1.807, 2.05) is 4.90 Å². The highest BCUT2D eigenvalue weighted by Gasteiger charge is 2.71. The molecular formula is C27H28F2N8O4. The quantitative estimate of drug-likeness (QED) is 0.377. The summed E-state index contributed by atoms with van der Waals surface area (Å²) in [6.07, 6.45) is 3.38. The van der Waals surface area contributed by atoms with Crippen LogP contribution in [0.4, 0.5) is 31.0 Å². The van der Waals surface area contributed by atoms with Gasteiger partial charge in [0.1, 0.15) is 29.2 Å². The summed E-state index contributed by atoms with van der Waals surface area (Å²) in [4.78, 5) is 64.4. The van der Waals surface area contributed by atoms with Crippen LogP contribution in [0.1, 0.15) is 30.4 Å². The SMILES string of the molecule is CC(=O)CNC(=O)N(C)c1ncn([C@@H](C)C(=O)Nc2cccc(-c3ccc(N4CC5C(C4)C5(F)F)nc3)n2)c1C=O. The van der Waals surface area contributed by atoms with Gasteiger partial charge in [0.05, 0.1) is 30.4 Å². The van der Waals surface area contributed by atoms with E-state index in [0.29, 0.717) is 23.4 Å². The van der Waals surface area contributed by atoms with Crippen molar-refractivity contribution in [3.8, 4) is 11.3 Å². The second-order valence-corrected chi connectivity index (χ2v) is 10.2. The highest BCUT2D eigenvalue weighted by atomic mass is 19.3. The number of urea groups is 1. The largest absolute Gasteiger partial charge is 0.356 e. The van der Waals surface area contributed by atoms with Gasteiger partial charge in [-0.3, -0.25) is 19.3 Å². The molecule has 2 aliphatic rings. The van der Waals surface area contributed by atoms with Crippen molar-refractivity contribution in [3.63, 3.8) is 0 Å². The number of nitrogens with zero attached hydrogens (tertiary/aromatic N) is 6. The van der Waals surface area contributed by atoms with Crippen molar-refractivity contribution in [2.75, 3.05) is 41.8 Å². The predicted molar refractivity (Wildman–Crippen MR) is 145 cm³/mol. The summed E-state index contributed by atoms with van der Waals surface area (Å²) in [6, 6.07) is 7.12. The number of pyridine rings is 2. The minimum atomic E-state index is -2.55. The second kappa shape index (κ2) is 10.7. The van der Waals surface area contributed by atoms with Crippen LogP contribution in [-0.2, 0) is 9.59 Å². The summed E-state index contributed by atoms with van der Waals surface area (Å²) in [5.74, 6) is -3.55. The van der Waals surface area contributed by atoms with Crippen LogP contribution in [0.25, 0.3) is 11.3 Å². The van der Waals surface area contributed by atoms with E-state index in [1.165, 1.54) is 24.9 Å². The Morgan fingerprint density at radius 3 is 2.54 bits per heavy atom. The zero-order chi connectivity index (χ0) is 29.5. The Morgan fingerprint density at radius 1 is 1.17 bits per heavy atom. The van der Waals surface area contributed by atoms with Crippen LogP contribution in [0.2, 0.25) is 0 Å². The smallest absolute Gasteiger partial charge is 0.323 e. The number of amides is 3. The molecule has 5 rings (SSSR count). The first-order chi connectivity index (χ1) is 19.5. The number of carbonyl (C=O) groups excluding carboxylic acids is 4. The number of carbonyl (C=O) groups is 4. The third-order valence-corrected chi connectivity index (χ3v) is 7.40. The molecule has 2 N–H and O–H groups in total. The third-order valence-electron chi connectivity index (χ3n) is 7.40. The molecule has 214 valence electrons. The molecule has 12 nitrogen and oxygen atoms in total. The van der Waals surface area contributed by atoms with E-state index in [1.54, 1.807) is 43.5 Å². The number of Topliss-reactive ketones (excluding diaryl/α,β-unsaturated/α-hetero) is 1. The highest BCUT2D eigenvalue weighted by molar-refractivity contribution is 5.98. The summed E-state index contributed by atoms with van der Waals surface area (Å²) in [5, 5.41) is 5.14. The number of hydrogen-bond acceptors (Lipinski definition) is 8.